The third kappa shape index (κ3) is 4.79. The van der Waals surface area contributed by atoms with Crippen LogP contribution >= 0.6 is 11.3 Å². The molecule has 0 aliphatic carbocycles. The van der Waals surface area contributed by atoms with E-state index in [-0.39, 0.29) is 0 Å². The Morgan fingerprint density at radius 3 is 1.60 bits per heavy atom. The molecule has 0 unspecified atom stereocenters. The first kappa shape index (κ1) is 28.6. The third-order valence-electron chi connectivity index (χ3n) is 9.45. The minimum atomic E-state index is 0.663. The van der Waals surface area contributed by atoms with Crippen molar-refractivity contribution < 1.29 is 0 Å². The van der Waals surface area contributed by atoms with Crippen molar-refractivity contribution in [1.82, 2.24) is 19.5 Å². The van der Waals surface area contributed by atoms with Gasteiger partial charge in [0.1, 0.15) is 0 Å². The highest BCUT2D eigenvalue weighted by atomic mass is 32.1. The Hall–Kier alpha value is -6.43. The molecule has 0 aliphatic rings. The van der Waals surface area contributed by atoms with Crippen LogP contribution in [0.3, 0.4) is 0 Å². The van der Waals surface area contributed by atoms with Crippen LogP contribution in [0.2, 0.25) is 0 Å². The van der Waals surface area contributed by atoms with Crippen molar-refractivity contribution >= 4 is 53.3 Å². The Kier molecular flexibility index (Phi) is 6.64. The van der Waals surface area contributed by atoms with Gasteiger partial charge in [0, 0.05) is 53.3 Å². The number of benzene rings is 7. The largest absolute Gasteiger partial charge is 0.309 e. The van der Waals surface area contributed by atoms with Crippen LogP contribution < -0.4 is 0 Å². The van der Waals surface area contributed by atoms with E-state index in [1.807, 2.05) is 72.0 Å². The SMILES string of the molecule is c1ccc(-c2ccc3c(c2)c2ccccc2n3-c2ccc3c(c2)sc2ccc(-c4nc(-c5ccccc5)nc(-c5ccccc5)n4)cc23)cc1. The lowest BCUT2D eigenvalue weighted by Crippen LogP contribution is -2.00. The van der Waals surface area contributed by atoms with E-state index in [9.17, 15) is 0 Å². The van der Waals surface area contributed by atoms with Crippen LogP contribution in [-0.4, -0.2) is 19.5 Å². The molecule has 3 heterocycles. The molecule has 0 aliphatic heterocycles. The van der Waals surface area contributed by atoms with Gasteiger partial charge in [-0.3, -0.25) is 0 Å². The Bertz CT molecular complexity index is 2800. The maximum Gasteiger partial charge on any atom is 0.164 e. The Morgan fingerprint density at radius 2 is 0.900 bits per heavy atom. The molecule has 50 heavy (non-hydrogen) atoms. The zero-order valence-electron chi connectivity index (χ0n) is 26.9. The summed E-state index contributed by atoms with van der Waals surface area (Å²) in [5.41, 5.74) is 8.90. The molecule has 10 aromatic rings. The lowest BCUT2D eigenvalue weighted by Gasteiger charge is -2.09. The lowest BCUT2D eigenvalue weighted by molar-refractivity contribution is 1.07. The maximum atomic E-state index is 4.98. The van der Waals surface area contributed by atoms with Gasteiger partial charge in [-0.25, -0.2) is 15.0 Å². The smallest absolute Gasteiger partial charge is 0.164 e. The molecular formula is C45H28N4S. The zero-order valence-corrected chi connectivity index (χ0v) is 27.7. The van der Waals surface area contributed by atoms with Gasteiger partial charge in [0.25, 0.3) is 0 Å². The predicted molar refractivity (Wildman–Crippen MR) is 209 cm³/mol. The highest BCUT2D eigenvalue weighted by Crippen LogP contribution is 2.40. The van der Waals surface area contributed by atoms with Crippen LogP contribution in [0.5, 0.6) is 0 Å². The van der Waals surface area contributed by atoms with E-state index >= 15 is 0 Å². The van der Waals surface area contributed by atoms with Gasteiger partial charge in [-0.2, -0.15) is 0 Å². The highest BCUT2D eigenvalue weighted by molar-refractivity contribution is 7.25. The number of nitrogens with zero attached hydrogens (tertiary/aromatic N) is 4. The van der Waals surface area contributed by atoms with Gasteiger partial charge in [0.2, 0.25) is 0 Å². The van der Waals surface area contributed by atoms with Crippen molar-refractivity contribution in [3.05, 3.63) is 170 Å². The van der Waals surface area contributed by atoms with E-state index < -0.39 is 0 Å². The molecule has 0 amide bonds. The molecule has 0 bridgehead atoms. The van der Waals surface area contributed by atoms with Gasteiger partial charge in [0.15, 0.2) is 17.5 Å². The minimum absolute atomic E-state index is 0.663. The van der Waals surface area contributed by atoms with E-state index in [1.54, 1.807) is 0 Å². The maximum absolute atomic E-state index is 4.98. The average molecular weight is 657 g/mol. The number of hydrogen-bond acceptors (Lipinski definition) is 4. The first-order valence-electron chi connectivity index (χ1n) is 16.7. The Labute approximate surface area is 292 Å². The van der Waals surface area contributed by atoms with Crippen molar-refractivity contribution in [2.75, 3.05) is 0 Å². The summed E-state index contributed by atoms with van der Waals surface area (Å²) in [6, 6.07) is 59.8. The first-order valence-corrected chi connectivity index (χ1v) is 17.5. The molecule has 0 atom stereocenters. The summed E-state index contributed by atoms with van der Waals surface area (Å²) in [6.45, 7) is 0. The molecular weight excluding hydrogens is 629 g/mol. The van der Waals surface area contributed by atoms with Crippen LogP contribution in [0.15, 0.2) is 170 Å². The molecule has 0 N–H and O–H groups in total. The highest BCUT2D eigenvalue weighted by Gasteiger charge is 2.17. The Balaban J connectivity index is 1.10. The van der Waals surface area contributed by atoms with Gasteiger partial charge in [-0.15, -0.1) is 11.3 Å². The molecule has 5 heteroatoms. The van der Waals surface area contributed by atoms with Crippen LogP contribution in [0.25, 0.3) is 93.0 Å². The summed E-state index contributed by atoms with van der Waals surface area (Å²) >= 11 is 1.82. The van der Waals surface area contributed by atoms with Crippen molar-refractivity contribution in [1.29, 1.82) is 0 Å². The monoisotopic (exact) mass is 656 g/mol. The standard InChI is InChI=1S/C45H28N4S/c1-4-12-29(13-5-1)32-20-24-40-37(26-32)35-18-10-11-19-39(35)49(40)34-22-23-36-38-27-33(21-25-41(38)50-42(36)28-34)45-47-43(30-14-6-2-7-15-30)46-44(48-45)31-16-8-3-9-17-31/h1-28H. The summed E-state index contributed by atoms with van der Waals surface area (Å²) < 4.78 is 4.87. The first-order chi connectivity index (χ1) is 24.8. The van der Waals surface area contributed by atoms with Gasteiger partial charge in [0.05, 0.1) is 11.0 Å². The topological polar surface area (TPSA) is 43.6 Å². The van der Waals surface area contributed by atoms with Crippen molar-refractivity contribution in [2.24, 2.45) is 0 Å². The fraction of sp³-hybridized carbons (Fsp3) is 0. The molecule has 0 radical (unpaired) electrons. The molecule has 234 valence electrons. The van der Waals surface area contributed by atoms with E-state index in [2.05, 4.69) is 114 Å². The third-order valence-corrected chi connectivity index (χ3v) is 10.6. The molecule has 4 nitrogen and oxygen atoms in total. The molecule has 7 aromatic carbocycles. The summed E-state index contributed by atoms with van der Waals surface area (Å²) in [4.78, 5) is 14.8. The van der Waals surface area contributed by atoms with E-state index in [1.165, 1.54) is 53.1 Å². The summed E-state index contributed by atoms with van der Waals surface area (Å²) in [6.07, 6.45) is 0. The van der Waals surface area contributed by atoms with Gasteiger partial charge in [-0.05, 0) is 59.7 Å². The second-order valence-corrected chi connectivity index (χ2v) is 13.6. The number of para-hydroxylation sites is 1. The lowest BCUT2D eigenvalue weighted by atomic mass is 10.0. The molecule has 0 spiro atoms. The number of aromatic nitrogens is 4. The summed E-state index contributed by atoms with van der Waals surface area (Å²) in [5, 5.41) is 4.93. The number of thiophene rings is 1. The quantitative estimate of drug-likeness (QED) is 0.185. The molecule has 0 saturated carbocycles. The second kappa shape index (κ2) is 11.6. The van der Waals surface area contributed by atoms with Crippen LogP contribution in [0, 0.1) is 0 Å². The molecule has 0 fully saturated rings. The average Bonchev–Trinajstić information content (AvgIpc) is 3.73. The second-order valence-electron chi connectivity index (χ2n) is 12.5. The zero-order chi connectivity index (χ0) is 33.0. The fourth-order valence-electron chi connectivity index (χ4n) is 7.04. The predicted octanol–water partition coefficient (Wildman–Crippen LogP) is 12.0. The van der Waals surface area contributed by atoms with Crippen LogP contribution in [0.4, 0.5) is 0 Å². The normalized spacial score (nSPS) is 11.6. The van der Waals surface area contributed by atoms with E-state index in [0.717, 1.165) is 22.4 Å². The van der Waals surface area contributed by atoms with E-state index in [0.29, 0.717) is 17.5 Å². The van der Waals surface area contributed by atoms with Crippen molar-refractivity contribution in [3.63, 3.8) is 0 Å². The van der Waals surface area contributed by atoms with E-state index in [4.69, 9.17) is 15.0 Å². The van der Waals surface area contributed by atoms with Crippen LogP contribution in [0.1, 0.15) is 0 Å². The molecule has 10 rings (SSSR count). The molecule has 3 aromatic heterocycles. The number of rotatable bonds is 5. The minimum Gasteiger partial charge on any atom is -0.309 e. The number of hydrogen-bond donors (Lipinski definition) is 0. The fourth-order valence-corrected chi connectivity index (χ4v) is 8.16. The van der Waals surface area contributed by atoms with Gasteiger partial charge < -0.3 is 4.57 Å². The summed E-state index contributed by atoms with van der Waals surface area (Å²) in [7, 11) is 0. The Morgan fingerprint density at radius 1 is 0.340 bits per heavy atom. The summed E-state index contributed by atoms with van der Waals surface area (Å²) in [5.74, 6) is 1.99. The molecule has 0 saturated heterocycles. The van der Waals surface area contributed by atoms with Gasteiger partial charge in [-0.1, -0.05) is 121 Å². The van der Waals surface area contributed by atoms with Crippen LogP contribution in [-0.2, 0) is 0 Å². The van der Waals surface area contributed by atoms with Crippen molar-refractivity contribution in [2.45, 2.75) is 0 Å². The number of fused-ring (bicyclic) bond motifs is 6. The van der Waals surface area contributed by atoms with Crippen molar-refractivity contribution in [3.8, 4) is 51.0 Å². The van der Waals surface area contributed by atoms with Gasteiger partial charge >= 0.3 is 0 Å².